The van der Waals surface area contributed by atoms with E-state index in [1.54, 1.807) is 19.2 Å². The Kier molecular flexibility index (Phi) is 3.89. The number of aromatic nitrogens is 1. The first-order valence-corrected chi connectivity index (χ1v) is 6.16. The Hall–Kier alpha value is -2.56. The summed E-state index contributed by atoms with van der Waals surface area (Å²) in [6.45, 7) is 3.74. The van der Waals surface area contributed by atoms with Gasteiger partial charge in [-0.25, -0.2) is 4.98 Å². The number of amidine groups is 1. The lowest BCUT2D eigenvalue weighted by Crippen LogP contribution is -2.15. The Balaban J connectivity index is 2.50. The number of nitrogens with one attached hydrogen (secondary N) is 1. The van der Waals surface area contributed by atoms with Gasteiger partial charge in [0.2, 0.25) is 5.88 Å². The molecule has 0 atom stereocenters. The summed E-state index contributed by atoms with van der Waals surface area (Å²) in [7, 11) is 1.57. The van der Waals surface area contributed by atoms with Crippen LogP contribution in [0.2, 0.25) is 0 Å². The zero-order chi connectivity index (χ0) is 14.7. The second kappa shape index (κ2) is 5.61. The zero-order valence-corrected chi connectivity index (χ0v) is 11.7. The van der Waals surface area contributed by atoms with Crippen LogP contribution in [-0.4, -0.2) is 17.9 Å². The maximum Gasteiger partial charge on any atom is 0.230 e. The van der Waals surface area contributed by atoms with Crippen molar-refractivity contribution in [3.05, 3.63) is 47.2 Å². The number of nitrogens with two attached hydrogens (primary N) is 1. The molecule has 0 bridgehead atoms. The number of nitrogens with zero attached hydrogens (tertiary/aromatic N) is 1. The fourth-order valence-corrected chi connectivity index (χ4v) is 2.01. The summed E-state index contributed by atoms with van der Waals surface area (Å²) in [6.07, 6.45) is 0. The van der Waals surface area contributed by atoms with Crippen LogP contribution in [0.5, 0.6) is 17.4 Å². The van der Waals surface area contributed by atoms with Crippen molar-refractivity contribution in [3.8, 4) is 17.4 Å². The number of hydrogen-bond acceptors (Lipinski definition) is 4. The van der Waals surface area contributed by atoms with Crippen molar-refractivity contribution in [1.29, 1.82) is 5.41 Å². The normalized spacial score (nSPS) is 10.2. The number of benzene rings is 1. The van der Waals surface area contributed by atoms with Crippen LogP contribution in [-0.2, 0) is 0 Å². The molecule has 2 aromatic rings. The van der Waals surface area contributed by atoms with Crippen LogP contribution < -0.4 is 15.2 Å². The summed E-state index contributed by atoms with van der Waals surface area (Å²) in [6, 6.07) is 9.14. The molecule has 0 radical (unpaired) electrons. The van der Waals surface area contributed by atoms with E-state index in [0.717, 1.165) is 11.3 Å². The van der Waals surface area contributed by atoms with E-state index in [1.807, 2.05) is 32.0 Å². The Morgan fingerprint density at radius 1 is 1.20 bits per heavy atom. The Bertz CT molecular complexity index is 654. The van der Waals surface area contributed by atoms with E-state index >= 15 is 0 Å². The maximum absolute atomic E-state index is 7.68. The van der Waals surface area contributed by atoms with E-state index in [0.29, 0.717) is 22.9 Å². The molecule has 0 unspecified atom stereocenters. The average Bonchev–Trinajstić information content (AvgIpc) is 2.38. The molecule has 0 fully saturated rings. The van der Waals surface area contributed by atoms with Gasteiger partial charge >= 0.3 is 0 Å². The maximum atomic E-state index is 7.68. The van der Waals surface area contributed by atoms with Crippen LogP contribution in [0, 0.1) is 19.3 Å². The molecule has 0 amide bonds. The summed E-state index contributed by atoms with van der Waals surface area (Å²) >= 11 is 0. The molecule has 2 rings (SSSR count). The highest BCUT2D eigenvalue weighted by atomic mass is 16.5. The van der Waals surface area contributed by atoms with E-state index in [2.05, 4.69) is 4.98 Å². The van der Waals surface area contributed by atoms with Gasteiger partial charge < -0.3 is 15.2 Å². The molecular weight excluding hydrogens is 254 g/mol. The molecule has 0 aliphatic rings. The number of pyridine rings is 1. The molecular formula is C15H17N3O2. The second-order valence-electron chi connectivity index (χ2n) is 4.43. The first-order valence-electron chi connectivity index (χ1n) is 6.16. The number of ether oxygens (including phenoxy) is 2. The van der Waals surface area contributed by atoms with Crippen molar-refractivity contribution >= 4 is 5.84 Å². The number of para-hydroxylation sites is 2. The van der Waals surface area contributed by atoms with Crippen molar-refractivity contribution in [2.45, 2.75) is 13.8 Å². The third-order valence-corrected chi connectivity index (χ3v) is 2.86. The van der Waals surface area contributed by atoms with Crippen molar-refractivity contribution in [2.75, 3.05) is 7.11 Å². The lowest BCUT2D eigenvalue weighted by molar-refractivity contribution is 0.373. The SMILES string of the molecule is COc1ccccc1Oc1nc(C)cc(C)c1C(=N)N. The Labute approximate surface area is 117 Å². The molecule has 0 spiro atoms. The number of hydrogen-bond donors (Lipinski definition) is 2. The van der Waals surface area contributed by atoms with Crippen LogP contribution in [0.4, 0.5) is 0 Å². The predicted molar refractivity (Wildman–Crippen MR) is 77.8 cm³/mol. The summed E-state index contributed by atoms with van der Waals surface area (Å²) < 4.78 is 11.0. The number of nitrogen functional groups attached to an aromatic ring is 1. The van der Waals surface area contributed by atoms with Crippen molar-refractivity contribution in [3.63, 3.8) is 0 Å². The minimum Gasteiger partial charge on any atom is -0.493 e. The average molecular weight is 271 g/mol. The van der Waals surface area contributed by atoms with Gasteiger partial charge in [0.25, 0.3) is 0 Å². The minimum absolute atomic E-state index is 0.0695. The molecule has 0 saturated carbocycles. The molecule has 1 aromatic heterocycles. The fraction of sp³-hybridized carbons (Fsp3) is 0.200. The number of methoxy groups -OCH3 is 1. The first kappa shape index (κ1) is 13.9. The van der Waals surface area contributed by atoms with Crippen LogP contribution in [0.1, 0.15) is 16.8 Å². The monoisotopic (exact) mass is 271 g/mol. The van der Waals surface area contributed by atoms with Crippen molar-refractivity contribution < 1.29 is 9.47 Å². The summed E-state index contributed by atoms with van der Waals surface area (Å²) in [5.74, 6) is 1.39. The van der Waals surface area contributed by atoms with E-state index in [9.17, 15) is 0 Å². The zero-order valence-electron chi connectivity index (χ0n) is 11.7. The third kappa shape index (κ3) is 2.71. The van der Waals surface area contributed by atoms with Gasteiger partial charge in [-0.2, -0.15) is 0 Å². The van der Waals surface area contributed by atoms with E-state index in [1.165, 1.54) is 0 Å². The molecule has 104 valence electrons. The van der Waals surface area contributed by atoms with Gasteiger partial charge in [-0.3, -0.25) is 5.41 Å². The highest BCUT2D eigenvalue weighted by Gasteiger charge is 2.15. The van der Waals surface area contributed by atoms with Gasteiger partial charge in [-0.1, -0.05) is 12.1 Å². The van der Waals surface area contributed by atoms with E-state index in [4.69, 9.17) is 20.6 Å². The van der Waals surface area contributed by atoms with Gasteiger partial charge in [0.1, 0.15) is 5.84 Å². The van der Waals surface area contributed by atoms with Gasteiger partial charge in [0.05, 0.1) is 12.7 Å². The van der Waals surface area contributed by atoms with Gasteiger partial charge in [0, 0.05) is 5.69 Å². The quantitative estimate of drug-likeness (QED) is 0.661. The molecule has 1 heterocycles. The second-order valence-corrected chi connectivity index (χ2v) is 4.43. The predicted octanol–water partition coefficient (Wildman–Crippen LogP) is 2.78. The summed E-state index contributed by atoms with van der Waals surface area (Å²) in [5.41, 5.74) is 7.78. The molecule has 0 aliphatic heterocycles. The first-order chi connectivity index (χ1) is 9.52. The summed E-state index contributed by atoms with van der Waals surface area (Å²) in [5, 5.41) is 7.68. The topological polar surface area (TPSA) is 81.2 Å². The van der Waals surface area contributed by atoms with E-state index in [-0.39, 0.29) is 5.84 Å². The molecule has 0 saturated heterocycles. The third-order valence-electron chi connectivity index (χ3n) is 2.86. The molecule has 5 nitrogen and oxygen atoms in total. The molecule has 3 N–H and O–H groups in total. The molecule has 20 heavy (non-hydrogen) atoms. The Morgan fingerprint density at radius 3 is 2.45 bits per heavy atom. The molecule has 5 heteroatoms. The lowest BCUT2D eigenvalue weighted by Gasteiger charge is -2.14. The molecule has 0 aliphatic carbocycles. The van der Waals surface area contributed by atoms with Crippen LogP contribution >= 0.6 is 0 Å². The highest BCUT2D eigenvalue weighted by molar-refractivity contribution is 5.98. The van der Waals surface area contributed by atoms with Crippen molar-refractivity contribution in [2.24, 2.45) is 5.73 Å². The van der Waals surface area contributed by atoms with Gasteiger partial charge in [-0.05, 0) is 37.6 Å². The number of aryl methyl sites for hydroxylation is 2. The lowest BCUT2D eigenvalue weighted by atomic mass is 10.1. The summed E-state index contributed by atoms with van der Waals surface area (Å²) in [4.78, 5) is 4.33. The largest absolute Gasteiger partial charge is 0.493 e. The number of rotatable bonds is 4. The van der Waals surface area contributed by atoms with Crippen LogP contribution in [0.3, 0.4) is 0 Å². The Morgan fingerprint density at radius 2 is 1.85 bits per heavy atom. The standard InChI is InChI=1S/C15H17N3O2/c1-9-8-10(2)18-15(13(9)14(16)17)20-12-7-5-4-6-11(12)19-3/h4-8H,1-3H3,(H3,16,17). The van der Waals surface area contributed by atoms with Crippen molar-refractivity contribution in [1.82, 2.24) is 4.98 Å². The smallest absolute Gasteiger partial charge is 0.230 e. The van der Waals surface area contributed by atoms with Crippen LogP contribution in [0.15, 0.2) is 30.3 Å². The highest BCUT2D eigenvalue weighted by Crippen LogP contribution is 2.32. The van der Waals surface area contributed by atoms with E-state index < -0.39 is 0 Å². The minimum atomic E-state index is -0.0695. The molecule has 1 aromatic carbocycles. The van der Waals surface area contributed by atoms with Crippen LogP contribution in [0.25, 0.3) is 0 Å². The van der Waals surface area contributed by atoms with Gasteiger partial charge in [-0.15, -0.1) is 0 Å². The van der Waals surface area contributed by atoms with Gasteiger partial charge in [0.15, 0.2) is 11.5 Å². The fourth-order valence-electron chi connectivity index (χ4n) is 2.01.